The summed E-state index contributed by atoms with van der Waals surface area (Å²) in [6, 6.07) is 18.8. The lowest BCUT2D eigenvalue weighted by molar-refractivity contribution is -0.137. The SMILES string of the molecule is NC(=O)[C@@H](Cc1cccc(OCc2ccccc2)c1)NC(=O)[C@@H](O)c1ccc(C(F)(F)F)cc1. The topological polar surface area (TPSA) is 102 Å². The summed E-state index contributed by atoms with van der Waals surface area (Å²) in [6.45, 7) is 0.347. The molecule has 0 bridgehead atoms. The highest BCUT2D eigenvalue weighted by Crippen LogP contribution is 2.30. The maximum absolute atomic E-state index is 12.7. The second-order valence-electron chi connectivity index (χ2n) is 7.61. The number of carbonyl (C=O) groups excluding carboxylic acids is 2. The number of halogens is 3. The molecule has 0 saturated heterocycles. The van der Waals surface area contributed by atoms with E-state index in [1.165, 1.54) is 0 Å². The number of carbonyl (C=O) groups is 2. The third-order valence-corrected chi connectivity index (χ3v) is 5.05. The molecule has 0 aliphatic rings. The highest BCUT2D eigenvalue weighted by atomic mass is 19.4. The highest BCUT2D eigenvalue weighted by Gasteiger charge is 2.31. The van der Waals surface area contributed by atoms with Crippen molar-refractivity contribution in [2.24, 2.45) is 5.73 Å². The number of primary amides is 1. The first-order chi connectivity index (χ1) is 16.1. The van der Waals surface area contributed by atoms with E-state index in [0.717, 1.165) is 29.8 Å². The summed E-state index contributed by atoms with van der Waals surface area (Å²) in [5.41, 5.74) is 6.09. The van der Waals surface area contributed by atoms with Crippen molar-refractivity contribution in [3.8, 4) is 5.75 Å². The molecule has 0 spiro atoms. The average Bonchev–Trinajstić information content (AvgIpc) is 2.82. The van der Waals surface area contributed by atoms with Crippen LogP contribution in [0.5, 0.6) is 5.75 Å². The lowest BCUT2D eigenvalue weighted by Gasteiger charge is -2.19. The van der Waals surface area contributed by atoms with E-state index in [9.17, 15) is 27.9 Å². The number of aliphatic hydroxyl groups is 1. The van der Waals surface area contributed by atoms with E-state index in [1.54, 1.807) is 24.3 Å². The Kier molecular flexibility index (Phi) is 7.91. The fourth-order valence-electron chi connectivity index (χ4n) is 3.22. The average molecular weight is 472 g/mol. The molecular formula is C25H23F3N2O4. The smallest absolute Gasteiger partial charge is 0.416 e. The van der Waals surface area contributed by atoms with Crippen LogP contribution < -0.4 is 15.8 Å². The fourth-order valence-corrected chi connectivity index (χ4v) is 3.22. The molecular weight excluding hydrogens is 449 g/mol. The minimum Gasteiger partial charge on any atom is -0.489 e. The number of benzene rings is 3. The van der Waals surface area contributed by atoms with Crippen molar-refractivity contribution in [3.05, 3.63) is 101 Å². The van der Waals surface area contributed by atoms with E-state index < -0.39 is 35.7 Å². The monoisotopic (exact) mass is 472 g/mol. The number of amides is 2. The van der Waals surface area contributed by atoms with Crippen LogP contribution >= 0.6 is 0 Å². The standard InChI is InChI=1S/C25H23F3N2O4/c26-25(27,28)19-11-9-18(10-12-19)22(31)24(33)30-21(23(29)32)14-17-7-4-8-20(13-17)34-15-16-5-2-1-3-6-16/h1-13,21-22,31H,14-15H2,(H2,29,32)(H,30,33)/t21-,22+/m1/s1. The first-order valence-electron chi connectivity index (χ1n) is 10.3. The van der Waals surface area contributed by atoms with E-state index in [2.05, 4.69) is 5.32 Å². The molecule has 0 aromatic heterocycles. The van der Waals surface area contributed by atoms with Crippen molar-refractivity contribution in [2.75, 3.05) is 0 Å². The van der Waals surface area contributed by atoms with Crippen LogP contribution in [-0.2, 0) is 28.8 Å². The van der Waals surface area contributed by atoms with Gasteiger partial charge >= 0.3 is 6.18 Å². The minimum atomic E-state index is -4.54. The molecule has 3 aromatic carbocycles. The van der Waals surface area contributed by atoms with Crippen molar-refractivity contribution >= 4 is 11.8 Å². The number of rotatable bonds is 9. The van der Waals surface area contributed by atoms with E-state index in [0.29, 0.717) is 17.9 Å². The molecule has 0 aliphatic heterocycles. The van der Waals surface area contributed by atoms with Gasteiger partial charge in [0.25, 0.3) is 5.91 Å². The van der Waals surface area contributed by atoms with Crippen molar-refractivity contribution in [3.63, 3.8) is 0 Å². The maximum atomic E-state index is 12.7. The third-order valence-electron chi connectivity index (χ3n) is 5.05. The molecule has 3 rings (SSSR count). The van der Waals surface area contributed by atoms with Gasteiger partial charge in [0.05, 0.1) is 5.56 Å². The van der Waals surface area contributed by atoms with Crippen LogP contribution in [0.15, 0.2) is 78.9 Å². The predicted molar refractivity (Wildman–Crippen MR) is 118 cm³/mol. The van der Waals surface area contributed by atoms with Gasteiger partial charge in [-0.3, -0.25) is 9.59 Å². The molecule has 0 fully saturated rings. The van der Waals surface area contributed by atoms with Crippen LogP contribution in [-0.4, -0.2) is 23.0 Å². The fraction of sp³-hybridized carbons (Fsp3) is 0.200. The van der Waals surface area contributed by atoms with Gasteiger partial charge in [-0.25, -0.2) is 0 Å². The number of alkyl halides is 3. The Balaban J connectivity index is 1.63. The number of ether oxygens (including phenoxy) is 1. The summed E-state index contributed by atoms with van der Waals surface area (Å²) < 4.78 is 43.9. The second kappa shape index (κ2) is 10.8. The normalized spacial score (nSPS) is 13.1. The molecule has 2 amide bonds. The van der Waals surface area contributed by atoms with Gasteiger partial charge in [-0.05, 0) is 41.0 Å². The van der Waals surface area contributed by atoms with Gasteiger partial charge in [-0.15, -0.1) is 0 Å². The maximum Gasteiger partial charge on any atom is 0.416 e. The summed E-state index contributed by atoms with van der Waals surface area (Å²) in [7, 11) is 0. The largest absolute Gasteiger partial charge is 0.489 e. The first-order valence-corrected chi connectivity index (χ1v) is 10.3. The van der Waals surface area contributed by atoms with Gasteiger partial charge in [0.2, 0.25) is 5.91 Å². The highest BCUT2D eigenvalue weighted by molar-refractivity contribution is 5.89. The van der Waals surface area contributed by atoms with Crippen LogP contribution in [0.2, 0.25) is 0 Å². The zero-order chi connectivity index (χ0) is 24.7. The van der Waals surface area contributed by atoms with Crippen LogP contribution in [0.4, 0.5) is 13.2 Å². The van der Waals surface area contributed by atoms with Crippen molar-refractivity contribution in [2.45, 2.75) is 31.3 Å². The first kappa shape index (κ1) is 24.8. The lowest BCUT2D eigenvalue weighted by atomic mass is 10.0. The molecule has 0 heterocycles. The van der Waals surface area contributed by atoms with Gasteiger partial charge in [0, 0.05) is 6.42 Å². The summed E-state index contributed by atoms with van der Waals surface area (Å²) in [5, 5.41) is 12.6. The number of hydrogen-bond acceptors (Lipinski definition) is 4. The second-order valence-corrected chi connectivity index (χ2v) is 7.61. The molecule has 0 saturated carbocycles. The van der Waals surface area contributed by atoms with E-state index >= 15 is 0 Å². The van der Waals surface area contributed by atoms with E-state index in [4.69, 9.17) is 10.5 Å². The Hall–Kier alpha value is -3.85. The molecule has 0 radical (unpaired) electrons. The van der Waals surface area contributed by atoms with Crippen molar-refractivity contribution < 1.29 is 32.6 Å². The van der Waals surface area contributed by atoms with Crippen LogP contribution in [0.25, 0.3) is 0 Å². The van der Waals surface area contributed by atoms with Gasteiger partial charge in [-0.1, -0.05) is 54.6 Å². The van der Waals surface area contributed by atoms with Gasteiger partial charge in [-0.2, -0.15) is 13.2 Å². The molecule has 2 atom stereocenters. The molecule has 0 aliphatic carbocycles. The number of hydrogen-bond donors (Lipinski definition) is 3. The zero-order valence-corrected chi connectivity index (χ0v) is 18.0. The summed E-state index contributed by atoms with van der Waals surface area (Å²) >= 11 is 0. The van der Waals surface area contributed by atoms with Crippen LogP contribution in [0.1, 0.15) is 28.4 Å². The Morgan fingerprint density at radius 2 is 1.59 bits per heavy atom. The number of aliphatic hydroxyl groups excluding tert-OH is 1. The quantitative estimate of drug-likeness (QED) is 0.444. The molecule has 4 N–H and O–H groups in total. The van der Waals surface area contributed by atoms with Crippen molar-refractivity contribution in [1.82, 2.24) is 5.32 Å². The van der Waals surface area contributed by atoms with E-state index in [1.807, 2.05) is 30.3 Å². The Labute approximate surface area is 194 Å². The summed E-state index contributed by atoms with van der Waals surface area (Å²) in [6.07, 6.45) is -6.28. The van der Waals surface area contributed by atoms with Crippen LogP contribution in [0, 0.1) is 0 Å². The third kappa shape index (κ3) is 6.82. The molecule has 6 nitrogen and oxygen atoms in total. The Bertz CT molecular complexity index is 1120. The van der Waals surface area contributed by atoms with Gasteiger partial charge < -0.3 is 20.9 Å². The number of nitrogens with two attached hydrogens (primary N) is 1. The van der Waals surface area contributed by atoms with Crippen LogP contribution in [0.3, 0.4) is 0 Å². The zero-order valence-electron chi connectivity index (χ0n) is 18.0. The Morgan fingerprint density at radius 3 is 2.21 bits per heavy atom. The molecule has 0 unspecified atom stereocenters. The summed E-state index contributed by atoms with van der Waals surface area (Å²) in [4.78, 5) is 24.4. The number of nitrogens with one attached hydrogen (secondary N) is 1. The molecule has 3 aromatic rings. The molecule has 9 heteroatoms. The van der Waals surface area contributed by atoms with Crippen molar-refractivity contribution in [1.29, 1.82) is 0 Å². The summed E-state index contributed by atoms with van der Waals surface area (Å²) in [5.74, 6) is -1.23. The lowest BCUT2D eigenvalue weighted by Crippen LogP contribution is -2.47. The predicted octanol–water partition coefficient (Wildman–Crippen LogP) is 3.53. The molecule has 178 valence electrons. The minimum absolute atomic E-state index is 0.0311. The Morgan fingerprint density at radius 1 is 0.941 bits per heavy atom. The van der Waals surface area contributed by atoms with Gasteiger partial charge in [0.1, 0.15) is 18.4 Å². The van der Waals surface area contributed by atoms with E-state index in [-0.39, 0.29) is 12.0 Å². The van der Waals surface area contributed by atoms with Gasteiger partial charge in [0.15, 0.2) is 6.10 Å². The molecule has 34 heavy (non-hydrogen) atoms.